The van der Waals surface area contributed by atoms with Crippen LogP contribution in [-0.4, -0.2) is 36.9 Å². The molecular formula is C20H22N2O3. The van der Waals surface area contributed by atoms with Crippen LogP contribution in [0.3, 0.4) is 0 Å². The third-order valence-electron chi connectivity index (χ3n) is 4.44. The van der Waals surface area contributed by atoms with Crippen LogP contribution < -0.4 is 10.1 Å². The highest BCUT2D eigenvalue weighted by atomic mass is 16.5. The van der Waals surface area contributed by atoms with Crippen molar-refractivity contribution in [2.45, 2.75) is 19.3 Å². The number of hydrogen-bond acceptors (Lipinski definition) is 3. The van der Waals surface area contributed by atoms with Gasteiger partial charge in [0.1, 0.15) is 12.4 Å². The minimum Gasteiger partial charge on any atom is -0.491 e. The lowest BCUT2D eigenvalue weighted by Crippen LogP contribution is -2.28. The molecular weight excluding hydrogens is 316 g/mol. The molecule has 5 heteroatoms. The molecule has 0 saturated carbocycles. The van der Waals surface area contributed by atoms with Crippen LogP contribution in [0.4, 0.5) is 5.69 Å². The molecule has 1 atom stereocenters. The average Bonchev–Trinajstić information content (AvgIpc) is 2.76. The number of nitrogens with zero attached hydrogens (tertiary/aromatic N) is 1. The highest BCUT2D eigenvalue weighted by Crippen LogP contribution is 2.27. The summed E-state index contributed by atoms with van der Waals surface area (Å²) in [4.78, 5) is 26.7. The summed E-state index contributed by atoms with van der Waals surface area (Å²) in [7, 11) is 1.74. The third-order valence-corrected chi connectivity index (χ3v) is 4.44. The van der Waals surface area contributed by atoms with Crippen LogP contribution in [0.2, 0.25) is 0 Å². The van der Waals surface area contributed by atoms with Gasteiger partial charge in [-0.2, -0.15) is 0 Å². The third kappa shape index (κ3) is 3.65. The van der Waals surface area contributed by atoms with Crippen molar-refractivity contribution in [1.29, 1.82) is 0 Å². The van der Waals surface area contributed by atoms with Gasteiger partial charge in [-0.05, 0) is 30.2 Å². The van der Waals surface area contributed by atoms with Gasteiger partial charge in [0.05, 0.1) is 18.0 Å². The summed E-state index contributed by atoms with van der Waals surface area (Å²) in [6, 6.07) is 14.9. The number of nitrogens with one attached hydrogen (secondary N) is 1. The van der Waals surface area contributed by atoms with E-state index in [-0.39, 0.29) is 17.7 Å². The monoisotopic (exact) mass is 338 g/mol. The SMILES string of the molecule is CCC(C(=O)Nc1ccc2c(c1)C(=O)N(C)CCO2)c1ccccc1. The molecule has 0 fully saturated rings. The lowest BCUT2D eigenvalue weighted by molar-refractivity contribution is -0.117. The van der Waals surface area contributed by atoms with E-state index in [0.717, 1.165) is 5.56 Å². The summed E-state index contributed by atoms with van der Waals surface area (Å²) in [6.07, 6.45) is 0.700. The molecule has 1 unspecified atom stereocenters. The van der Waals surface area contributed by atoms with Crippen molar-refractivity contribution in [2.75, 3.05) is 25.5 Å². The Balaban J connectivity index is 1.82. The van der Waals surface area contributed by atoms with Gasteiger partial charge in [-0.1, -0.05) is 37.3 Å². The highest BCUT2D eigenvalue weighted by Gasteiger charge is 2.23. The molecule has 1 aliphatic rings. The van der Waals surface area contributed by atoms with Gasteiger partial charge in [-0.15, -0.1) is 0 Å². The van der Waals surface area contributed by atoms with Gasteiger partial charge in [0.15, 0.2) is 0 Å². The zero-order valence-corrected chi connectivity index (χ0v) is 14.5. The Labute approximate surface area is 147 Å². The Bertz CT molecular complexity index is 774. The maximum absolute atomic E-state index is 12.7. The number of benzene rings is 2. The lowest BCUT2D eigenvalue weighted by Gasteiger charge is -2.17. The van der Waals surface area contributed by atoms with Gasteiger partial charge >= 0.3 is 0 Å². The Morgan fingerprint density at radius 1 is 1.24 bits per heavy atom. The van der Waals surface area contributed by atoms with E-state index in [9.17, 15) is 9.59 Å². The second-order valence-corrected chi connectivity index (χ2v) is 6.15. The van der Waals surface area contributed by atoms with Gasteiger partial charge < -0.3 is 15.0 Å². The van der Waals surface area contributed by atoms with E-state index in [1.807, 2.05) is 37.3 Å². The van der Waals surface area contributed by atoms with Crippen molar-refractivity contribution in [3.05, 3.63) is 59.7 Å². The lowest BCUT2D eigenvalue weighted by atomic mass is 9.95. The smallest absolute Gasteiger partial charge is 0.257 e. The molecule has 0 radical (unpaired) electrons. The van der Waals surface area contributed by atoms with Crippen LogP contribution in [0.15, 0.2) is 48.5 Å². The first-order chi connectivity index (χ1) is 12.1. The van der Waals surface area contributed by atoms with Crippen LogP contribution in [-0.2, 0) is 4.79 Å². The molecule has 1 aliphatic heterocycles. The van der Waals surface area contributed by atoms with E-state index in [2.05, 4.69) is 5.32 Å². The van der Waals surface area contributed by atoms with Crippen LogP contribution in [0.25, 0.3) is 0 Å². The minimum absolute atomic E-state index is 0.0796. The van der Waals surface area contributed by atoms with E-state index >= 15 is 0 Å². The topological polar surface area (TPSA) is 58.6 Å². The van der Waals surface area contributed by atoms with Crippen molar-refractivity contribution in [3.8, 4) is 5.75 Å². The molecule has 25 heavy (non-hydrogen) atoms. The molecule has 0 bridgehead atoms. The molecule has 2 amide bonds. The van der Waals surface area contributed by atoms with Gasteiger partial charge in [0.25, 0.3) is 5.91 Å². The first kappa shape index (κ1) is 17.0. The van der Waals surface area contributed by atoms with Gasteiger partial charge in [-0.25, -0.2) is 0 Å². The van der Waals surface area contributed by atoms with E-state index < -0.39 is 0 Å². The number of likely N-dealkylation sites (N-methyl/N-ethyl adjacent to an activating group) is 1. The van der Waals surface area contributed by atoms with E-state index in [4.69, 9.17) is 4.74 Å². The summed E-state index contributed by atoms with van der Waals surface area (Å²) in [6.45, 7) is 2.99. The van der Waals surface area contributed by atoms with Crippen LogP contribution in [0.5, 0.6) is 5.75 Å². The Morgan fingerprint density at radius 3 is 2.72 bits per heavy atom. The number of carbonyl (C=O) groups excluding carboxylic acids is 2. The second-order valence-electron chi connectivity index (χ2n) is 6.15. The van der Waals surface area contributed by atoms with Crippen LogP contribution >= 0.6 is 0 Å². The normalized spacial score (nSPS) is 15.0. The predicted molar refractivity (Wildman–Crippen MR) is 97.0 cm³/mol. The van der Waals surface area contributed by atoms with Gasteiger partial charge in [0.2, 0.25) is 5.91 Å². The Kier molecular flexibility index (Phi) is 5.03. The maximum Gasteiger partial charge on any atom is 0.257 e. The van der Waals surface area contributed by atoms with E-state index in [1.165, 1.54) is 0 Å². The summed E-state index contributed by atoms with van der Waals surface area (Å²) in [5, 5.41) is 2.93. The number of rotatable bonds is 4. The maximum atomic E-state index is 12.7. The van der Waals surface area contributed by atoms with Crippen molar-refractivity contribution < 1.29 is 14.3 Å². The molecule has 5 nitrogen and oxygen atoms in total. The fourth-order valence-electron chi connectivity index (χ4n) is 2.99. The zero-order chi connectivity index (χ0) is 17.8. The van der Waals surface area contributed by atoms with Crippen LogP contribution in [0, 0.1) is 0 Å². The number of amides is 2. The molecule has 2 aromatic rings. The fraction of sp³-hybridized carbons (Fsp3) is 0.300. The largest absolute Gasteiger partial charge is 0.491 e. The number of carbonyl (C=O) groups is 2. The predicted octanol–water partition coefficient (Wildman–Crippen LogP) is 3.28. The molecule has 1 heterocycles. The highest BCUT2D eigenvalue weighted by molar-refractivity contribution is 6.00. The molecule has 0 spiro atoms. The number of ether oxygens (including phenoxy) is 1. The Morgan fingerprint density at radius 2 is 2.00 bits per heavy atom. The van der Waals surface area contributed by atoms with Crippen molar-refractivity contribution in [3.63, 3.8) is 0 Å². The van der Waals surface area contributed by atoms with E-state index in [1.54, 1.807) is 30.1 Å². The summed E-state index contributed by atoms with van der Waals surface area (Å²) in [5.41, 5.74) is 2.06. The summed E-state index contributed by atoms with van der Waals surface area (Å²) in [5.74, 6) is 0.153. The van der Waals surface area contributed by atoms with E-state index in [0.29, 0.717) is 36.6 Å². The number of fused-ring (bicyclic) bond motifs is 1. The van der Waals surface area contributed by atoms with Crippen molar-refractivity contribution in [2.24, 2.45) is 0 Å². The molecule has 0 aromatic heterocycles. The first-order valence-electron chi connectivity index (χ1n) is 8.48. The number of anilines is 1. The fourth-order valence-corrected chi connectivity index (χ4v) is 2.99. The molecule has 0 aliphatic carbocycles. The van der Waals surface area contributed by atoms with Gasteiger partial charge in [0, 0.05) is 12.7 Å². The Hall–Kier alpha value is -2.82. The summed E-state index contributed by atoms with van der Waals surface area (Å²) >= 11 is 0. The minimum atomic E-state index is -0.227. The average molecular weight is 338 g/mol. The van der Waals surface area contributed by atoms with Gasteiger partial charge in [-0.3, -0.25) is 9.59 Å². The van der Waals surface area contributed by atoms with Crippen molar-refractivity contribution in [1.82, 2.24) is 4.90 Å². The second kappa shape index (κ2) is 7.38. The number of hydrogen-bond donors (Lipinski definition) is 1. The van der Waals surface area contributed by atoms with Crippen molar-refractivity contribution >= 4 is 17.5 Å². The molecule has 0 saturated heterocycles. The first-order valence-corrected chi connectivity index (χ1v) is 8.48. The molecule has 3 rings (SSSR count). The zero-order valence-electron chi connectivity index (χ0n) is 14.5. The summed E-state index contributed by atoms with van der Waals surface area (Å²) < 4.78 is 5.61. The quantitative estimate of drug-likeness (QED) is 0.931. The van der Waals surface area contributed by atoms with Crippen LogP contribution in [0.1, 0.15) is 35.2 Å². The molecule has 2 aromatic carbocycles. The standard InChI is InChI=1S/C20H22N2O3/c1-3-16(14-7-5-4-6-8-14)19(23)21-15-9-10-18-17(13-15)20(24)22(2)11-12-25-18/h4-10,13,16H,3,11-12H2,1-2H3,(H,21,23). The molecule has 130 valence electrons. The molecule has 1 N–H and O–H groups in total.